The molecule has 0 aromatic carbocycles. The summed E-state index contributed by atoms with van der Waals surface area (Å²) in [7, 11) is 2.95. The molecule has 0 saturated carbocycles. The van der Waals surface area contributed by atoms with Gasteiger partial charge in [0.05, 0.1) is 0 Å². The predicted octanol–water partition coefficient (Wildman–Crippen LogP) is 0.486. The zero-order chi connectivity index (χ0) is 8.74. The molecule has 0 unspecified atom stereocenters. The molecular formula is C5H12ClNO3S. The SMILES string of the molecule is COCCCCNS(=O)(=O)Cl. The van der Waals surface area contributed by atoms with Crippen molar-refractivity contribution in [2.45, 2.75) is 12.8 Å². The van der Waals surface area contributed by atoms with Gasteiger partial charge in [-0.1, -0.05) is 0 Å². The van der Waals surface area contributed by atoms with Crippen LogP contribution in [0.25, 0.3) is 0 Å². The van der Waals surface area contributed by atoms with Crippen LogP contribution in [0.4, 0.5) is 0 Å². The van der Waals surface area contributed by atoms with Crippen LogP contribution in [0.15, 0.2) is 0 Å². The fourth-order valence-corrected chi connectivity index (χ4v) is 1.19. The minimum absolute atomic E-state index is 0.370. The number of ether oxygens (including phenoxy) is 1. The maximum absolute atomic E-state index is 10.3. The molecular weight excluding hydrogens is 190 g/mol. The number of hydrogen-bond donors (Lipinski definition) is 1. The van der Waals surface area contributed by atoms with E-state index < -0.39 is 9.24 Å². The van der Waals surface area contributed by atoms with Gasteiger partial charge in [0, 0.05) is 30.9 Å². The molecule has 0 radical (unpaired) electrons. The van der Waals surface area contributed by atoms with Gasteiger partial charge in [0.1, 0.15) is 0 Å². The van der Waals surface area contributed by atoms with Crippen molar-refractivity contribution in [2.24, 2.45) is 0 Å². The molecule has 0 aliphatic carbocycles. The van der Waals surface area contributed by atoms with Crippen LogP contribution in [0.1, 0.15) is 12.8 Å². The molecule has 6 heteroatoms. The van der Waals surface area contributed by atoms with Gasteiger partial charge in [0.15, 0.2) is 0 Å². The molecule has 4 nitrogen and oxygen atoms in total. The number of unbranched alkanes of at least 4 members (excludes halogenated alkanes) is 1. The Morgan fingerprint density at radius 3 is 2.55 bits per heavy atom. The minimum atomic E-state index is -3.53. The molecule has 0 fully saturated rings. The number of rotatable bonds is 6. The van der Waals surface area contributed by atoms with Crippen molar-refractivity contribution >= 4 is 19.9 Å². The zero-order valence-corrected chi connectivity index (χ0v) is 7.91. The lowest BCUT2D eigenvalue weighted by Gasteiger charge is -1.99. The topological polar surface area (TPSA) is 55.4 Å². The van der Waals surface area contributed by atoms with Crippen molar-refractivity contribution < 1.29 is 13.2 Å². The number of hydrogen-bond acceptors (Lipinski definition) is 3. The summed E-state index contributed by atoms with van der Waals surface area (Å²) in [6.07, 6.45) is 1.57. The summed E-state index contributed by atoms with van der Waals surface area (Å²) in [6.45, 7) is 1.01. The van der Waals surface area contributed by atoms with Crippen LogP contribution in [-0.2, 0) is 14.0 Å². The zero-order valence-electron chi connectivity index (χ0n) is 6.34. The third-order valence-corrected chi connectivity index (χ3v) is 1.93. The summed E-state index contributed by atoms with van der Waals surface area (Å²) in [5.41, 5.74) is 0. The maximum atomic E-state index is 10.3. The molecule has 0 heterocycles. The highest BCUT2D eigenvalue weighted by atomic mass is 35.7. The number of halogens is 1. The second kappa shape index (κ2) is 5.77. The first-order valence-corrected chi connectivity index (χ1v) is 5.55. The van der Waals surface area contributed by atoms with Crippen LogP contribution < -0.4 is 4.72 Å². The van der Waals surface area contributed by atoms with Crippen molar-refractivity contribution in [3.05, 3.63) is 0 Å². The van der Waals surface area contributed by atoms with Crippen molar-refractivity contribution in [2.75, 3.05) is 20.3 Å². The summed E-state index contributed by atoms with van der Waals surface area (Å²) in [5, 5.41) is 0. The first-order chi connectivity index (χ1) is 5.06. The lowest BCUT2D eigenvalue weighted by molar-refractivity contribution is 0.193. The van der Waals surface area contributed by atoms with E-state index in [4.69, 9.17) is 15.4 Å². The molecule has 0 aliphatic heterocycles. The molecule has 0 spiro atoms. The van der Waals surface area contributed by atoms with E-state index in [-0.39, 0.29) is 0 Å². The van der Waals surface area contributed by atoms with Gasteiger partial charge >= 0.3 is 0 Å². The van der Waals surface area contributed by atoms with E-state index in [0.717, 1.165) is 12.8 Å². The fraction of sp³-hybridized carbons (Fsp3) is 1.00. The predicted molar refractivity (Wildman–Crippen MR) is 43.9 cm³/mol. The summed E-state index contributed by atoms with van der Waals surface area (Å²) >= 11 is 0. The van der Waals surface area contributed by atoms with Crippen molar-refractivity contribution in [1.82, 2.24) is 4.72 Å². The first kappa shape index (κ1) is 11.2. The van der Waals surface area contributed by atoms with Gasteiger partial charge in [-0.3, -0.25) is 0 Å². The third kappa shape index (κ3) is 10.2. The monoisotopic (exact) mass is 201 g/mol. The highest BCUT2D eigenvalue weighted by molar-refractivity contribution is 8.12. The van der Waals surface area contributed by atoms with E-state index in [0.29, 0.717) is 13.2 Å². The molecule has 11 heavy (non-hydrogen) atoms. The molecule has 0 aliphatic rings. The highest BCUT2D eigenvalue weighted by Gasteiger charge is 2.00. The Morgan fingerprint density at radius 1 is 1.45 bits per heavy atom. The van der Waals surface area contributed by atoms with E-state index in [2.05, 4.69) is 4.72 Å². The summed E-state index contributed by atoms with van der Waals surface area (Å²) < 4.78 is 27.5. The smallest absolute Gasteiger partial charge is 0.297 e. The molecule has 0 bridgehead atoms. The average Bonchev–Trinajstić information content (AvgIpc) is 1.85. The molecule has 68 valence electrons. The van der Waals surface area contributed by atoms with Crippen molar-refractivity contribution in [1.29, 1.82) is 0 Å². The lowest BCUT2D eigenvalue weighted by atomic mass is 10.3. The normalized spacial score (nSPS) is 11.8. The highest BCUT2D eigenvalue weighted by Crippen LogP contribution is 1.92. The van der Waals surface area contributed by atoms with Gasteiger partial charge in [0.25, 0.3) is 9.24 Å². The first-order valence-electron chi connectivity index (χ1n) is 3.24. The Morgan fingerprint density at radius 2 is 2.09 bits per heavy atom. The van der Waals surface area contributed by atoms with E-state index in [9.17, 15) is 8.42 Å². The molecule has 0 aromatic rings. The quantitative estimate of drug-likeness (QED) is 0.503. The van der Waals surface area contributed by atoms with Crippen LogP contribution >= 0.6 is 10.7 Å². The van der Waals surface area contributed by atoms with E-state index in [1.807, 2.05) is 0 Å². The average molecular weight is 202 g/mol. The van der Waals surface area contributed by atoms with Gasteiger partial charge in [-0.05, 0) is 12.8 Å². The van der Waals surface area contributed by atoms with E-state index in [1.54, 1.807) is 7.11 Å². The molecule has 0 amide bonds. The van der Waals surface area contributed by atoms with Gasteiger partial charge in [-0.15, -0.1) is 0 Å². The van der Waals surface area contributed by atoms with Crippen LogP contribution in [0, 0.1) is 0 Å². The molecule has 0 aromatic heterocycles. The molecule has 0 rings (SSSR count). The van der Waals surface area contributed by atoms with E-state index in [1.165, 1.54) is 0 Å². The van der Waals surface area contributed by atoms with Gasteiger partial charge in [-0.2, -0.15) is 8.42 Å². The lowest BCUT2D eigenvalue weighted by Crippen LogP contribution is -2.19. The molecule has 0 saturated heterocycles. The largest absolute Gasteiger partial charge is 0.385 e. The summed E-state index contributed by atoms with van der Waals surface area (Å²) in [4.78, 5) is 0. The Labute approximate surface area is 71.4 Å². The summed E-state index contributed by atoms with van der Waals surface area (Å²) in [5.74, 6) is 0. The standard InChI is InChI=1S/C5H12ClNO3S/c1-10-5-3-2-4-7-11(6,8)9/h7H,2-5H2,1H3. The Balaban J connectivity index is 3.16. The second-order valence-corrected chi connectivity index (χ2v) is 4.42. The number of nitrogens with one attached hydrogen (secondary N) is 1. The number of methoxy groups -OCH3 is 1. The van der Waals surface area contributed by atoms with Gasteiger partial charge in [-0.25, -0.2) is 4.72 Å². The van der Waals surface area contributed by atoms with Gasteiger partial charge in [0.2, 0.25) is 0 Å². The maximum Gasteiger partial charge on any atom is 0.297 e. The Bertz CT molecular complexity index is 180. The third-order valence-electron chi connectivity index (χ3n) is 1.05. The molecule has 1 N–H and O–H groups in total. The minimum Gasteiger partial charge on any atom is -0.385 e. The fourth-order valence-electron chi connectivity index (χ4n) is 0.565. The van der Waals surface area contributed by atoms with Crippen LogP contribution in [0.3, 0.4) is 0 Å². The van der Waals surface area contributed by atoms with Crippen LogP contribution in [0.5, 0.6) is 0 Å². The van der Waals surface area contributed by atoms with Gasteiger partial charge < -0.3 is 4.74 Å². The Kier molecular flexibility index (Phi) is 5.85. The second-order valence-electron chi connectivity index (χ2n) is 2.03. The van der Waals surface area contributed by atoms with Crippen molar-refractivity contribution in [3.63, 3.8) is 0 Å². The van der Waals surface area contributed by atoms with Crippen molar-refractivity contribution in [3.8, 4) is 0 Å². The van der Waals surface area contributed by atoms with Crippen LogP contribution in [-0.4, -0.2) is 28.7 Å². The summed E-state index contributed by atoms with van der Waals surface area (Å²) in [6, 6.07) is 0. The van der Waals surface area contributed by atoms with Crippen LogP contribution in [0.2, 0.25) is 0 Å². The van der Waals surface area contributed by atoms with E-state index >= 15 is 0 Å². The Hall–Kier alpha value is 0.160. The molecule has 0 atom stereocenters.